The first-order valence-corrected chi connectivity index (χ1v) is 4.61. The van der Waals surface area contributed by atoms with Crippen molar-refractivity contribution in [3.8, 4) is 0 Å². The van der Waals surface area contributed by atoms with Gasteiger partial charge in [0.2, 0.25) is 6.29 Å². The van der Waals surface area contributed by atoms with Crippen molar-refractivity contribution in [2.75, 3.05) is 0 Å². The van der Waals surface area contributed by atoms with Crippen molar-refractivity contribution in [2.24, 2.45) is 0 Å². The summed E-state index contributed by atoms with van der Waals surface area (Å²) in [6.07, 6.45) is -0.490. The summed E-state index contributed by atoms with van der Waals surface area (Å²) in [5, 5.41) is 0. The Morgan fingerprint density at radius 1 is 1.07 bits per heavy atom. The van der Waals surface area contributed by atoms with Crippen molar-refractivity contribution >= 4 is 11.9 Å². The minimum absolute atomic E-state index is 0.264. The lowest BCUT2D eigenvalue weighted by Gasteiger charge is -2.16. The van der Waals surface area contributed by atoms with Crippen LogP contribution in [0.15, 0.2) is 24.3 Å². The van der Waals surface area contributed by atoms with Crippen LogP contribution in [0.25, 0.3) is 0 Å². The molecule has 0 saturated carbocycles. The van der Waals surface area contributed by atoms with Crippen molar-refractivity contribution in [1.82, 2.24) is 0 Å². The molecule has 0 fully saturated rings. The summed E-state index contributed by atoms with van der Waals surface area (Å²) in [5.74, 6) is -1.15. The molecule has 0 amide bonds. The zero-order chi connectivity index (χ0) is 12.0. The Bertz CT molecular complexity index is 263. The van der Waals surface area contributed by atoms with Crippen LogP contribution in [0, 0.1) is 0 Å². The van der Waals surface area contributed by atoms with Gasteiger partial charge in [-0.3, -0.25) is 0 Å². The quantitative estimate of drug-likeness (QED) is 0.397. The van der Waals surface area contributed by atoms with Crippen LogP contribution in [0.3, 0.4) is 0 Å². The van der Waals surface area contributed by atoms with E-state index in [1.807, 2.05) is 0 Å². The maximum absolute atomic E-state index is 11.1. The van der Waals surface area contributed by atoms with E-state index in [1.54, 1.807) is 6.92 Å². The van der Waals surface area contributed by atoms with Crippen molar-refractivity contribution < 1.29 is 19.1 Å². The van der Waals surface area contributed by atoms with Gasteiger partial charge >= 0.3 is 11.9 Å². The summed E-state index contributed by atoms with van der Waals surface area (Å²) in [4.78, 5) is 22.3. The fourth-order valence-corrected chi connectivity index (χ4v) is 0.631. The van der Waals surface area contributed by atoms with Gasteiger partial charge in [-0.05, 0) is 13.8 Å². The van der Waals surface area contributed by atoms with Gasteiger partial charge in [0.15, 0.2) is 0 Å². The number of rotatable bonds is 5. The Morgan fingerprint density at radius 2 is 1.40 bits per heavy atom. The van der Waals surface area contributed by atoms with E-state index in [1.165, 1.54) is 13.8 Å². The molecule has 0 aliphatic carbocycles. The molecule has 0 aromatic heterocycles. The lowest BCUT2D eigenvalue weighted by Crippen LogP contribution is -2.24. The summed E-state index contributed by atoms with van der Waals surface area (Å²) < 4.78 is 9.72. The summed E-state index contributed by atoms with van der Waals surface area (Å²) in [7, 11) is 0. The van der Waals surface area contributed by atoms with Gasteiger partial charge in [-0.2, -0.15) is 0 Å². The number of hydrogen-bond acceptors (Lipinski definition) is 4. The lowest BCUT2D eigenvalue weighted by molar-refractivity contribution is -0.182. The van der Waals surface area contributed by atoms with E-state index in [2.05, 4.69) is 13.2 Å². The first kappa shape index (κ1) is 13.4. The van der Waals surface area contributed by atoms with Gasteiger partial charge in [0.05, 0.1) is 0 Å². The van der Waals surface area contributed by atoms with E-state index in [-0.39, 0.29) is 11.1 Å². The summed E-state index contributed by atoms with van der Waals surface area (Å²) in [5.41, 5.74) is 0.527. The third-order valence-electron chi connectivity index (χ3n) is 1.51. The highest BCUT2D eigenvalue weighted by atomic mass is 16.7. The van der Waals surface area contributed by atoms with E-state index in [0.29, 0.717) is 6.42 Å². The van der Waals surface area contributed by atoms with Crippen LogP contribution in [0.2, 0.25) is 0 Å². The highest BCUT2D eigenvalue weighted by Crippen LogP contribution is 2.06. The molecule has 0 spiro atoms. The monoisotopic (exact) mass is 212 g/mol. The molecule has 0 aliphatic heterocycles. The molecule has 0 aromatic carbocycles. The molecule has 0 rings (SSSR count). The first-order chi connectivity index (χ1) is 6.88. The normalized spacial score (nSPS) is 9.60. The second-order valence-corrected chi connectivity index (χ2v) is 3.21. The molecule has 0 saturated heterocycles. The minimum Gasteiger partial charge on any atom is -0.422 e. The van der Waals surface area contributed by atoms with Crippen molar-refractivity contribution in [2.45, 2.75) is 33.5 Å². The Morgan fingerprint density at radius 3 is 1.60 bits per heavy atom. The fraction of sp³-hybridized carbons (Fsp3) is 0.455. The molecule has 0 bridgehead atoms. The molecule has 4 heteroatoms. The summed E-state index contributed by atoms with van der Waals surface area (Å²) in [6, 6.07) is 0. The van der Waals surface area contributed by atoms with E-state index in [4.69, 9.17) is 9.47 Å². The molecule has 84 valence electrons. The van der Waals surface area contributed by atoms with Gasteiger partial charge in [0.25, 0.3) is 0 Å². The summed E-state index contributed by atoms with van der Waals surface area (Å²) in [6.45, 7) is 11.6. The van der Waals surface area contributed by atoms with E-state index >= 15 is 0 Å². The second-order valence-electron chi connectivity index (χ2n) is 3.21. The number of ether oxygens (including phenoxy) is 2. The molecular weight excluding hydrogens is 196 g/mol. The standard InChI is InChI=1S/C11H16O4/c1-6-9(14-10(12)7(2)3)15-11(13)8(4)5/h9H,2,4,6H2,1,3,5H3. The van der Waals surface area contributed by atoms with E-state index in [0.717, 1.165) is 0 Å². The highest BCUT2D eigenvalue weighted by Gasteiger charge is 2.17. The zero-order valence-corrected chi connectivity index (χ0v) is 9.33. The molecule has 0 aromatic rings. The third kappa shape index (κ3) is 5.00. The van der Waals surface area contributed by atoms with Crippen molar-refractivity contribution in [3.63, 3.8) is 0 Å². The number of carbonyl (C=O) groups is 2. The summed E-state index contributed by atoms with van der Waals surface area (Å²) >= 11 is 0. The molecule has 0 atom stereocenters. The van der Waals surface area contributed by atoms with Crippen molar-refractivity contribution in [3.05, 3.63) is 24.3 Å². The molecule has 0 N–H and O–H groups in total. The van der Waals surface area contributed by atoms with Gasteiger partial charge in [-0.1, -0.05) is 20.1 Å². The molecule has 0 aliphatic rings. The lowest BCUT2D eigenvalue weighted by atomic mass is 10.3. The smallest absolute Gasteiger partial charge is 0.336 e. The van der Waals surface area contributed by atoms with Crippen LogP contribution in [0.5, 0.6) is 0 Å². The van der Waals surface area contributed by atoms with E-state index < -0.39 is 18.2 Å². The maximum Gasteiger partial charge on any atom is 0.336 e. The van der Waals surface area contributed by atoms with Gasteiger partial charge in [0.1, 0.15) is 0 Å². The first-order valence-electron chi connectivity index (χ1n) is 4.61. The van der Waals surface area contributed by atoms with Gasteiger partial charge < -0.3 is 9.47 Å². The van der Waals surface area contributed by atoms with Crippen LogP contribution < -0.4 is 0 Å². The predicted octanol–water partition coefficient (Wildman–Crippen LogP) is 1.96. The van der Waals surface area contributed by atoms with Gasteiger partial charge in [0, 0.05) is 17.6 Å². The Hall–Kier alpha value is -1.58. The van der Waals surface area contributed by atoms with Crippen molar-refractivity contribution in [1.29, 1.82) is 0 Å². The largest absolute Gasteiger partial charge is 0.422 e. The van der Waals surface area contributed by atoms with Crippen LogP contribution in [-0.4, -0.2) is 18.2 Å². The minimum atomic E-state index is -0.876. The fourth-order valence-electron chi connectivity index (χ4n) is 0.631. The van der Waals surface area contributed by atoms with Crippen LogP contribution in [0.1, 0.15) is 27.2 Å². The number of esters is 2. The SMILES string of the molecule is C=C(C)C(=O)OC(CC)OC(=O)C(=C)C. The average molecular weight is 212 g/mol. The Labute approximate surface area is 89.6 Å². The molecule has 0 unspecified atom stereocenters. The highest BCUT2D eigenvalue weighted by molar-refractivity contribution is 5.88. The average Bonchev–Trinajstić information content (AvgIpc) is 2.15. The molecule has 15 heavy (non-hydrogen) atoms. The second kappa shape index (κ2) is 6.01. The molecule has 0 heterocycles. The van der Waals surface area contributed by atoms with Crippen LogP contribution in [-0.2, 0) is 19.1 Å². The molecular formula is C11H16O4. The van der Waals surface area contributed by atoms with E-state index in [9.17, 15) is 9.59 Å². The molecule has 4 nitrogen and oxygen atoms in total. The Balaban J connectivity index is 4.27. The van der Waals surface area contributed by atoms with Crippen LogP contribution >= 0.6 is 0 Å². The maximum atomic E-state index is 11.1. The molecule has 0 radical (unpaired) electrons. The predicted molar refractivity (Wildman–Crippen MR) is 55.9 cm³/mol. The topological polar surface area (TPSA) is 52.6 Å². The number of carbonyl (C=O) groups excluding carboxylic acids is 2. The van der Waals surface area contributed by atoms with Gasteiger partial charge in [-0.25, -0.2) is 9.59 Å². The number of hydrogen-bond donors (Lipinski definition) is 0. The Kier molecular flexibility index (Phi) is 5.37. The third-order valence-corrected chi connectivity index (χ3v) is 1.51. The zero-order valence-electron chi connectivity index (χ0n) is 9.33. The van der Waals surface area contributed by atoms with Gasteiger partial charge in [-0.15, -0.1) is 0 Å². The van der Waals surface area contributed by atoms with Crippen LogP contribution in [0.4, 0.5) is 0 Å².